The van der Waals surface area contributed by atoms with Crippen molar-refractivity contribution in [2.24, 2.45) is 0 Å². The summed E-state index contributed by atoms with van der Waals surface area (Å²) in [5, 5.41) is 0.208. The maximum Gasteiger partial charge on any atom is 0.244 e. The van der Waals surface area contributed by atoms with Crippen LogP contribution in [0.5, 0.6) is 0 Å². The molecular weight excluding hydrogens is 336 g/mol. The number of sulfone groups is 1. The van der Waals surface area contributed by atoms with Crippen LogP contribution in [-0.4, -0.2) is 50.2 Å². The molecule has 2 rings (SSSR count). The van der Waals surface area contributed by atoms with Crippen LogP contribution in [0.1, 0.15) is 19.8 Å². The van der Waals surface area contributed by atoms with Gasteiger partial charge < -0.3 is 0 Å². The van der Waals surface area contributed by atoms with E-state index in [1.165, 1.54) is 22.6 Å². The van der Waals surface area contributed by atoms with E-state index >= 15 is 0 Å². The summed E-state index contributed by atoms with van der Waals surface area (Å²) in [6.07, 6.45) is 2.14. The van der Waals surface area contributed by atoms with Gasteiger partial charge in [0, 0.05) is 18.8 Å². The number of nitrogens with zero attached hydrogens (tertiary/aromatic N) is 2. The largest absolute Gasteiger partial charge is 0.244 e. The Kier molecular flexibility index (Phi) is 4.92. The summed E-state index contributed by atoms with van der Waals surface area (Å²) < 4.78 is 49.9. The van der Waals surface area contributed by atoms with Crippen LogP contribution in [0, 0.1) is 0 Å². The third kappa shape index (κ3) is 3.74. The lowest BCUT2D eigenvalue weighted by Crippen LogP contribution is -2.41. The van der Waals surface area contributed by atoms with Gasteiger partial charge in [-0.25, -0.2) is 21.8 Å². The number of hydrogen-bond donors (Lipinski definition) is 0. The van der Waals surface area contributed by atoms with Crippen LogP contribution in [0.4, 0.5) is 0 Å². The SMILES string of the molecule is CCCN(C1CCS(=O)(=O)C1)S(=O)(=O)c1ccc(Cl)nc1. The minimum absolute atomic E-state index is 0.0321. The minimum atomic E-state index is -3.77. The third-order valence-corrected chi connectivity index (χ3v) is 7.28. The van der Waals surface area contributed by atoms with E-state index in [1.54, 1.807) is 0 Å². The van der Waals surface area contributed by atoms with Gasteiger partial charge in [0.25, 0.3) is 0 Å². The smallest absolute Gasteiger partial charge is 0.243 e. The van der Waals surface area contributed by atoms with E-state index in [9.17, 15) is 16.8 Å². The highest BCUT2D eigenvalue weighted by Crippen LogP contribution is 2.25. The molecule has 0 spiro atoms. The number of rotatable bonds is 5. The fourth-order valence-electron chi connectivity index (χ4n) is 2.37. The molecule has 0 saturated carbocycles. The summed E-state index contributed by atoms with van der Waals surface area (Å²) in [5.41, 5.74) is 0. The van der Waals surface area contributed by atoms with Crippen molar-refractivity contribution >= 4 is 31.5 Å². The van der Waals surface area contributed by atoms with E-state index in [4.69, 9.17) is 11.6 Å². The highest BCUT2D eigenvalue weighted by molar-refractivity contribution is 7.92. The molecule has 0 aliphatic carbocycles. The fourth-order valence-corrected chi connectivity index (χ4v) is 6.00. The topological polar surface area (TPSA) is 84.4 Å². The summed E-state index contributed by atoms with van der Waals surface area (Å²) in [4.78, 5) is 3.82. The molecule has 1 aromatic heterocycles. The zero-order valence-electron chi connectivity index (χ0n) is 11.6. The molecule has 1 unspecified atom stereocenters. The first-order valence-electron chi connectivity index (χ1n) is 6.60. The Labute approximate surface area is 130 Å². The Hall–Kier alpha value is -0.700. The van der Waals surface area contributed by atoms with Crippen molar-refractivity contribution in [2.45, 2.75) is 30.7 Å². The number of halogens is 1. The molecule has 118 valence electrons. The van der Waals surface area contributed by atoms with Crippen molar-refractivity contribution in [1.82, 2.24) is 9.29 Å². The lowest BCUT2D eigenvalue weighted by atomic mass is 10.2. The Morgan fingerprint density at radius 2 is 2.14 bits per heavy atom. The van der Waals surface area contributed by atoms with Gasteiger partial charge in [0.2, 0.25) is 10.0 Å². The maximum absolute atomic E-state index is 12.7. The van der Waals surface area contributed by atoms with Gasteiger partial charge in [-0.2, -0.15) is 4.31 Å². The normalized spacial score (nSPS) is 21.8. The molecule has 1 aliphatic rings. The van der Waals surface area contributed by atoms with E-state index in [0.29, 0.717) is 12.8 Å². The summed E-state index contributed by atoms with van der Waals surface area (Å²) in [6.45, 7) is 2.14. The zero-order chi connectivity index (χ0) is 15.7. The molecule has 0 bridgehead atoms. The molecule has 1 aliphatic heterocycles. The van der Waals surface area contributed by atoms with Crippen molar-refractivity contribution in [3.05, 3.63) is 23.5 Å². The predicted octanol–water partition coefficient (Wildman–Crippen LogP) is 1.32. The van der Waals surface area contributed by atoms with Crippen LogP contribution in [0.15, 0.2) is 23.2 Å². The van der Waals surface area contributed by atoms with Crippen LogP contribution in [0.3, 0.4) is 0 Å². The van der Waals surface area contributed by atoms with Gasteiger partial charge in [0.15, 0.2) is 9.84 Å². The van der Waals surface area contributed by atoms with E-state index < -0.39 is 25.9 Å². The average molecular weight is 353 g/mol. The molecule has 2 heterocycles. The van der Waals surface area contributed by atoms with Gasteiger partial charge in [0.05, 0.1) is 11.5 Å². The molecule has 1 atom stereocenters. The highest BCUT2D eigenvalue weighted by Gasteiger charge is 2.38. The second kappa shape index (κ2) is 6.20. The number of pyridine rings is 1. The summed E-state index contributed by atoms with van der Waals surface area (Å²) in [6, 6.07) is 2.29. The first-order valence-corrected chi connectivity index (χ1v) is 10.2. The van der Waals surface area contributed by atoms with Crippen molar-refractivity contribution in [3.8, 4) is 0 Å². The quantitative estimate of drug-likeness (QED) is 0.746. The lowest BCUT2D eigenvalue weighted by Gasteiger charge is -2.26. The van der Waals surface area contributed by atoms with Gasteiger partial charge in [-0.1, -0.05) is 18.5 Å². The second-order valence-electron chi connectivity index (χ2n) is 4.99. The minimum Gasteiger partial charge on any atom is -0.243 e. The van der Waals surface area contributed by atoms with Crippen LogP contribution in [-0.2, 0) is 19.9 Å². The molecule has 1 saturated heterocycles. The average Bonchev–Trinajstić information content (AvgIpc) is 2.76. The molecule has 0 radical (unpaired) electrons. The monoisotopic (exact) mass is 352 g/mol. The van der Waals surface area contributed by atoms with Crippen LogP contribution in [0.2, 0.25) is 5.15 Å². The first kappa shape index (κ1) is 16.7. The molecule has 0 amide bonds. The zero-order valence-corrected chi connectivity index (χ0v) is 14.0. The molecule has 6 nitrogen and oxygen atoms in total. The van der Waals surface area contributed by atoms with E-state index in [-0.39, 0.29) is 28.1 Å². The molecular formula is C12H17ClN2O4S2. The van der Waals surface area contributed by atoms with Crippen molar-refractivity contribution in [3.63, 3.8) is 0 Å². The molecule has 21 heavy (non-hydrogen) atoms. The summed E-state index contributed by atoms with van der Waals surface area (Å²) >= 11 is 5.67. The third-order valence-electron chi connectivity index (χ3n) is 3.37. The molecule has 0 aromatic carbocycles. The number of sulfonamides is 1. The van der Waals surface area contributed by atoms with Gasteiger partial charge in [-0.3, -0.25) is 0 Å². The van der Waals surface area contributed by atoms with Gasteiger partial charge in [-0.15, -0.1) is 0 Å². The molecule has 0 N–H and O–H groups in total. The van der Waals surface area contributed by atoms with Crippen LogP contribution in [0.25, 0.3) is 0 Å². The van der Waals surface area contributed by atoms with Crippen LogP contribution >= 0.6 is 11.6 Å². The number of aromatic nitrogens is 1. The Morgan fingerprint density at radius 1 is 1.43 bits per heavy atom. The van der Waals surface area contributed by atoms with E-state index in [0.717, 1.165) is 0 Å². The lowest BCUT2D eigenvalue weighted by molar-refractivity contribution is 0.340. The van der Waals surface area contributed by atoms with Crippen molar-refractivity contribution in [2.75, 3.05) is 18.1 Å². The fraction of sp³-hybridized carbons (Fsp3) is 0.583. The molecule has 9 heteroatoms. The Balaban J connectivity index is 2.35. The van der Waals surface area contributed by atoms with Gasteiger partial charge in [0.1, 0.15) is 10.0 Å². The molecule has 1 fully saturated rings. The van der Waals surface area contributed by atoms with E-state index in [2.05, 4.69) is 4.98 Å². The summed E-state index contributed by atoms with van der Waals surface area (Å²) in [5.74, 6) is -0.0838. The second-order valence-corrected chi connectivity index (χ2v) is 9.50. The van der Waals surface area contributed by atoms with E-state index in [1.807, 2.05) is 6.92 Å². The molecule has 1 aromatic rings. The number of hydrogen-bond acceptors (Lipinski definition) is 5. The first-order chi connectivity index (χ1) is 9.76. The predicted molar refractivity (Wildman–Crippen MR) is 80.5 cm³/mol. The Morgan fingerprint density at radius 3 is 2.62 bits per heavy atom. The Bertz CT molecular complexity index is 701. The van der Waals surface area contributed by atoms with Crippen LogP contribution < -0.4 is 0 Å². The van der Waals surface area contributed by atoms with Gasteiger partial charge in [-0.05, 0) is 25.0 Å². The standard InChI is InChI=1S/C12H17ClN2O4S2/c1-2-6-15(10-5-7-20(16,17)9-10)21(18,19)11-3-4-12(13)14-8-11/h3-4,8,10H,2,5-7,9H2,1H3. The van der Waals surface area contributed by atoms with Crippen molar-refractivity contribution < 1.29 is 16.8 Å². The highest BCUT2D eigenvalue weighted by atomic mass is 35.5. The van der Waals surface area contributed by atoms with Crippen molar-refractivity contribution in [1.29, 1.82) is 0 Å². The van der Waals surface area contributed by atoms with Gasteiger partial charge >= 0.3 is 0 Å². The summed E-state index contributed by atoms with van der Waals surface area (Å²) in [7, 11) is -6.92. The maximum atomic E-state index is 12.7.